The molecule has 0 radical (unpaired) electrons. The molecule has 2 unspecified atom stereocenters. The van der Waals surface area contributed by atoms with Crippen LogP contribution in [0.2, 0.25) is 0 Å². The van der Waals surface area contributed by atoms with Crippen molar-refractivity contribution in [2.45, 2.75) is 32.2 Å². The van der Waals surface area contributed by atoms with Crippen molar-refractivity contribution in [1.29, 1.82) is 0 Å². The van der Waals surface area contributed by atoms with Gasteiger partial charge in [0.1, 0.15) is 5.82 Å². The summed E-state index contributed by atoms with van der Waals surface area (Å²) in [5.41, 5.74) is 2.11. The van der Waals surface area contributed by atoms with Gasteiger partial charge in [0.25, 0.3) is 0 Å². The lowest BCUT2D eigenvalue weighted by atomic mass is 10.0. The minimum absolute atomic E-state index is 0.114. The first-order valence-electron chi connectivity index (χ1n) is 7.18. The van der Waals surface area contributed by atoms with Crippen LogP contribution in [0.4, 0.5) is 4.39 Å². The van der Waals surface area contributed by atoms with E-state index in [1.54, 1.807) is 6.07 Å². The van der Waals surface area contributed by atoms with Gasteiger partial charge in [0.2, 0.25) is 0 Å². The van der Waals surface area contributed by atoms with Crippen LogP contribution in [0.5, 0.6) is 0 Å². The molecule has 20 heavy (non-hydrogen) atoms. The van der Waals surface area contributed by atoms with Crippen LogP contribution >= 0.6 is 0 Å². The zero-order valence-corrected chi connectivity index (χ0v) is 12.1. The summed E-state index contributed by atoms with van der Waals surface area (Å²) in [6, 6.07) is 17.7. The molecule has 1 N–H and O–H groups in total. The standard InChI is InChI=1S/C18H22FN/c1-14(16-8-4-3-5-9-16)13-20-15(2)12-17-10-6-7-11-18(17)19/h3-11,14-15,20H,12-13H2,1-2H3. The Morgan fingerprint density at radius 3 is 2.30 bits per heavy atom. The SMILES string of the molecule is CC(Cc1ccccc1F)NCC(C)c1ccccc1. The second kappa shape index (κ2) is 7.20. The van der Waals surface area contributed by atoms with Crippen LogP contribution < -0.4 is 5.32 Å². The van der Waals surface area contributed by atoms with Crippen LogP contribution in [0.3, 0.4) is 0 Å². The molecule has 0 saturated carbocycles. The molecule has 0 aliphatic carbocycles. The Hall–Kier alpha value is -1.67. The fourth-order valence-electron chi connectivity index (χ4n) is 2.34. The highest BCUT2D eigenvalue weighted by atomic mass is 19.1. The quantitative estimate of drug-likeness (QED) is 0.832. The number of nitrogens with one attached hydrogen (secondary N) is 1. The minimum Gasteiger partial charge on any atom is -0.313 e. The van der Waals surface area contributed by atoms with E-state index >= 15 is 0 Å². The highest BCUT2D eigenvalue weighted by Crippen LogP contribution is 2.14. The average Bonchev–Trinajstić information content (AvgIpc) is 2.48. The van der Waals surface area contributed by atoms with E-state index in [0.717, 1.165) is 12.1 Å². The Labute approximate surface area is 120 Å². The van der Waals surface area contributed by atoms with Gasteiger partial charge in [-0.1, -0.05) is 55.5 Å². The molecule has 0 fully saturated rings. The molecule has 2 aromatic rings. The smallest absolute Gasteiger partial charge is 0.126 e. The van der Waals surface area contributed by atoms with E-state index in [4.69, 9.17) is 0 Å². The zero-order chi connectivity index (χ0) is 14.4. The largest absolute Gasteiger partial charge is 0.313 e. The van der Waals surface area contributed by atoms with Crippen LogP contribution in [0.25, 0.3) is 0 Å². The number of hydrogen-bond donors (Lipinski definition) is 1. The van der Waals surface area contributed by atoms with E-state index in [2.05, 4.69) is 43.4 Å². The molecule has 0 bridgehead atoms. The van der Waals surface area contributed by atoms with Crippen LogP contribution in [-0.2, 0) is 6.42 Å². The molecule has 2 heteroatoms. The molecular weight excluding hydrogens is 249 g/mol. The minimum atomic E-state index is -0.114. The summed E-state index contributed by atoms with van der Waals surface area (Å²) in [4.78, 5) is 0. The zero-order valence-electron chi connectivity index (χ0n) is 12.1. The molecule has 2 aromatic carbocycles. The third kappa shape index (κ3) is 4.17. The van der Waals surface area contributed by atoms with Crippen molar-refractivity contribution in [3.8, 4) is 0 Å². The molecule has 0 aromatic heterocycles. The van der Waals surface area contributed by atoms with Crippen LogP contribution in [0.1, 0.15) is 30.9 Å². The van der Waals surface area contributed by atoms with Gasteiger partial charge in [-0.05, 0) is 36.5 Å². The fraction of sp³-hybridized carbons (Fsp3) is 0.333. The molecule has 0 amide bonds. The molecule has 0 saturated heterocycles. The number of rotatable bonds is 6. The van der Waals surface area contributed by atoms with Crippen LogP contribution in [-0.4, -0.2) is 12.6 Å². The van der Waals surface area contributed by atoms with Crippen molar-refractivity contribution in [3.63, 3.8) is 0 Å². The van der Waals surface area contributed by atoms with Crippen molar-refractivity contribution in [2.24, 2.45) is 0 Å². The Kier molecular flexibility index (Phi) is 5.31. The second-order valence-electron chi connectivity index (χ2n) is 5.42. The van der Waals surface area contributed by atoms with Gasteiger partial charge in [-0.3, -0.25) is 0 Å². The summed E-state index contributed by atoms with van der Waals surface area (Å²) in [7, 11) is 0. The van der Waals surface area contributed by atoms with Crippen LogP contribution in [0.15, 0.2) is 54.6 Å². The van der Waals surface area contributed by atoms with E-state index < -0.39 is 0 Å². The normalized spacial score (nSPS) is 13.9. The molecule has 0 spiro atoms. The number of hydrogen-bond acceptors (Lipinski definition) is 1. The van der Waals surface area contributed by atoms with E-state index in [1.165, 1.54) is 11.6 Å². The maximum absolute atomic E-state index is 13.6. The van der Waals surface area contributed by atoms with Gasteiger partial charge < -0.3 is 5.32 Å². The average molecular weight is 271 g/mol. The predicted octanol–water partition coefficient (Wildman–Crippen LogP) is 4.15. The Morgan fingerprint density at radius 1 is 0.950 bits per heavy atom. The lowest BCUT2D eigenvalue weighted by Crippen LogP contribution is -2.31. The molecule has 106 valence electrons. The highest BCUT2D eigenvalue weighted by Gasteiger charge is 2.09. The Bertz CT molecular complexity index is 524. The maximum Gasteiger partial charge on any atom is 0.126 e. The third-order valence-corrected chi connectivity index (χ3v) is 3.63. The number of benzene rings is 2. The first kappa shape index (κ1) is 14.7. The predicted molar refractivity (Wildman–Crippen MR) is 82.4 cm³/mol. The van der Waals surface area contributed by atoms with E-state index in [0.29, 0.717) is 12.3 Å². The monoisotopic (exact) mass is 271 g/mol. The van der Waals surface area contributed by atoms with Gasteiger partial charge in [-0.15, -0.1) is 0 Å². The molecule has 0 aliphatic rings. The summed E-state index contributed by atoms with van der Waals surface area (Å²) in [6.07, 6.45) is 0.716. The van der Waals surface area contributed by atoms with Gasteiger partial charge in [0.05, 0.1) is 0 Å². The number of halogens is 1. The van der Waals surface area contributed by atoms with Gasteiger partial charge in [-0.25, -0.2) is 4.39 Å². The van der Waals surface area contributed by atoms with E-state index in [9.17, 15) is 4.39 Å². The van der Waals surface area contributed by atoms with Crippen molar-refractivity contribution in [2.75, 3.05) is 6.54 Å². The summed E-state index contributed by atoms with van der Waals surface area (Å²) in [5, 5.41) is 3.49. The molecule has 2 atom stereocenters. The summed E-state index contributed by atoms with van der Waals surface area (Å²) in [6.45, 7) is 5.21. The van der Waals surface area contributed by atoms with Gasteiger partial charge in [-0.2, -0.15) is 0 Å². The van der Waals surface area contributed by atoms with Gasteiger partial charge >= 0.3 is 0 Å². The van der Waals surface area contributed by atoms with Gasteiger partial charge in [0, 0.05) is 12.6 Å². The van der Waals surface area contributed by atoms with Crippen molar-refractivity contribution >= 4 is 0 Å². The summed E-state index contributed by atoms with van der Waals surface area (Å²) < 4.78 is 13.6. The Morgan fingerprint density at radius 2 is 1.60 bits per heavy atom. The molecule has 0 heterocycles. The first-order valence-corrected chi connectivity index (χ1v) is 7.18. The third-order valence-electron chi connectivity index (χ3n) is 3.63. The summed E-state index contributed by atoms with van der Waals surface area (Å²) >= 11 is 0. The second-order valence-corrected chi connectivity index (χ2v) is 5.42. The van der Waals surface area contributed by atoms with Crippen molar-refractivity contribution in [1.82, 2.24) is 5.32 Å². The van der Waals surface area contributed by atoms with Crippen molar-refractivity contribution in [3.05, 3.63) is 71.5 Å². The molecule has 2 rings (SSSR count). The lowest BCUT2D eigenvalue weighted by Gasteiger charge is -2.18. The molecule has 0 aliphatic heterocycles. The van der Waals surface area contributed by atoms with Crippen LogP contribution in [0, 0.1) is 5.82 Å². The van der Waals surface area contributed by atoms with E-state index in [-0.39, 0.29) is 11.9 Å². The molecular formula is C18H22FN. The summed E-state index contributed by atoms with van der Waals surface area (Å²) in [5.74, 6) is 0.344. The fourth-order valence-corrected chi connectivity index (χ4v) is 2.34. The molecule has 1 nitrogen and oxygen atoms in total. The maximum atomic E-state index is 13.6. The topological polar surface area (TPSA) is 12.0 Å². The highest BCUT2D eigenvalue weighted by molar-refractivity contribution is 5.20. The first-order chi connectivity index (χ1) is 9.66. The van der Waals surface area contributed by atoms with Crippen molar-refractivity contribution < 1.29 is 4.39 Å². The van der Waals surface area contributed by atoms with Gasteiger partial charge in [0.15, 0.2) is 0 Å². The lowest BCUT2D eigenvalue weighted by molar-refractivity contribution is 0.504. The van der Waals surface area contributed by atoms with E-state index in [1.807, 2.05) is 18.2 Å². The Balaban J connectivity index is 1.84.